The van der Waals surface area contributed by atoms with Gasteiger partial charge in [0.05, 0.1) is 0 Å². The summed E-state index contributed by atoms with van der Waals surface area (Å²) in [7, 11) is 0. The second-order valence-electron chi connectivity index (χ2n) is 4.90. The van der Waals surface area contributed by atoms with Crippen LogP contribution < -0.4 is 5.32 Å². The van der Waals surface area contributed by atoms with Gasteiger partial charge >= 0.3 is 0 Å². The molecule has 15 heavy (non-hydrogen) atoms. The summed E-state index contributed by atoms with van der Waals surface area (Å²) in [5.41, 5.74) is 0. The highest BCUT2D eigenvalue weighted by Crippen LogP contribution is 2.18. The van der Waals surface area contributed by atoms with Crippen LogP contribution in [0, 0.1) is 0 Å². The van der Waals surface area contributed by atoms with Gasteiger partial charge in [-0.05, 0) is 19.8 Å². The van der Waals surface area contributed by atoms with Crippen LogP contribution in [0.1, 0.15) is 32.6 Å². The molecule has 0 bridgehead atoms. The smallest absolute Gasteiger partial charge is 0.0158 e. The highest BCUT2D eigenvalue weighted by atomic mass is 32.2. The molecular formula is C12H24N2S. The first-order valence-corrected chi connectivity index (χ1v) is 7.57. The first kappa shape index (κ1) is 11.7. The van der Waals surface area contributed by atoms with Crippen LogP contribution in [-0.2, 0) is 0 Å². The largest absolute Gasteiger partial charge is 0.313 e. The first-order valence-electron chi connectivity index (χ1n) is 6.41. The van der Waals surface area contributed by atoms with E-state index < -0.39 is 0 Å². The van der Waals surface area contributed by atoms with Crippen molar-refractivity contribution < 1.29 is 0 Å². The molecule has 3 heteroatoms. The predicted molar refractivity (Wildman–Crippen MR) is 68.6 cm³/mol. The Kier molecular flexibility index (Phi) is 4.79. The van der Waals surface area contributed by atoms with Crippen LogP contribution >= 0.6 is 11.8 Å². The molecule has 0 aromatic rings. The van der Waals surface area contributed by atoms with E-state index >= 15 is 0 Å². The van der Waals surface area contributed by atoms with E-state index in [2.05, 4.69) is 28.9 Å². The van der Waals surface area contributed by atoms with Gasteiger partial charge in [0.25, 0.3) is 0 Å². The molecule has 1 heterocycles. The molecule has 0 aromatic heterocycles. The molecule has 0 amide bonds. The van der Waals surface area contributed by atoms with Crippen molar-refractivity contribution in [2.24, 2.45) is 0 Å². The van der Waals surface area contributed by atoms with E-state index in [0.29, 0.717) is 0 Å². The zero-order valence-corrected chi connectivity index (χ0v) is 10.7. The molecule has 0 aromatic carbocycles. The molecule has 1 saturated carbocycles. The van der Waals surface area contributed by atoms with Crippen molar-refractivity contribution in [1.82, 2.24) is 10.2 Å². The quantitative estimate of drug-likeness (QED) is 0.792. The summed E-state index contributed by atoms with van der Waals surface area (Å²) in [5.74, 6) is 2.65. The maximum atomic E-state index is 3.70. The van der Waals surface area contributed by atoms with Gasteiger partial charge in [0.15, 0.2) is 0 Å². The molecule has 1 unspecified atom stereocenters. The lowest BCUT2D eigenvalue weighted by Gasteiger charge is -2.33. The SMILES string of the molecule is CC1CSCCN1CCNC1CCCC1. The molecule has 2 rings (SSSR count). The highest BCUT2D eigenvalue weighted by molar-refractivity contribution is 7.99. The molecule has 0 spiro atoms. The summed E-state index contributed by atoms with van der Waals surface area (Å²) in [6, 6.07) is 1.62. The number of hydrogen-bond acceptors (Lipinski definition) is 3. The Labute approximate surface area is 98.2 Å². The van der Waals surface area contributed by atoms with Crippen molar-refractivity contribution in [3.63, 3.8) is 0 Å². The van der Waals surface area contributed by atoms with Crippen molar-refractivity contribution in [3.8, 4) is 0 Å². The van der Waals surface area contributed by atoms with E-state index in [1.54, 1.807) is 0 Å². The fraction of sp³-hybridized carbons (Fsp3) is 1.00. The van der Waals surface area contributed by atoms with Gasteiger partial charge in [-0.2, -0.15) is 11.8 Å². The summed E-state index contributed by atoms with van der Waals surface area (Å²) in [4.78, 5) is 2.64. The average Bonchev–Trinajstić information content (AvgIpc) is 2.74. The van der Waals surface area contributed by atoms with Crippen molar-refractivity contribution in [2.75, 3.05) is 31.1 Å². The molecule has 1 aliphatic carbocycles. The number of nitrogens with zero attached hydrogens (tertiary/aromatic N) is 1. The molecule has 2 fully saturated rings. The summed E-state index contributed by atoms with van der Waals surface area (Å²) < 4.78 is 0. The van der Waals surface area contributed by atoms with Crippen molar-refractivity contribution in [3.05, 3.63) is 0 Å². The minimum absolute atomic E-state index is 0.786. The highest BCUT2D eigenvalue weighted by Gasteiger charge is 2.19. The lowest BCUT2D eigenvalue weighted by molar-refractivity contribution is 0.229. The third kappa shape index (κ3) is 3.65. The maximum absolute atomic E-state index is 3.70. The molecule has 1 atom stereocenters. The van der Waals surface area contributed by atoms with Crippen molar-refractivity contribution in [2.45, 2.75) is 44.7 Å². The summed E-state index contributed by atoms with van der Waals surface area (Å²) >= 11 is 2.10. The van der Waals surface area contributed by atoms with Crippen LogP contribution in [0.3, 0.4) is 0 Å². The summed E-state index contributed by atoms with van der Waals surface area (Å²) in [5, 5.41) is 3.70. The third-order valence-corrected chi connectivity index (χ3v) is 4.88. The van der Waals surface area contributed by atoms with Crippen LogP contribution in [0.2, 0.25) is 0 Å². The molecule has 0 radical (unpaired) electrons. The molecule has 1 aliphatic heterocycles. The number of nitrogens with one attached hydrogen (secondary N) is 1. The second-order valence-corrected chi connectivity index (χ2v) is 6.05. The van der Waals surface area contributed by atoms with Gasteiger partial charge in [-0.15, -0.1) is 0 Å². The Morgan fingerprint density at radius 1 is 1.33 bits per heavy atom. The normalized spacial score (nSPS) is 29.8. The zero-order valence-electron chi connectivity index (χ0n) is 9.87. The molecule has 2 aliphatic rings. The first-order chi connectivity index (χ1) is 7.36. The van der Waals surface area contributed by atoms with Crippen molar-refractivity contribution in [1.29, 1.82) is 0 Å². The molecule has 2 nitrogen and oxygen atoms in total. The van der Waals surface area contributed by atoms with Gasteiger partial charge in [0, 0.05) is 43.2 Å². The molecule has 1 saturated heterocycles. The molecule has 1 N–H and O–H groups in total. The van der Waals surface area contributed by atoms with E-state index in [9.17, 15) is 0 Å². The van der Waals surface area contributed by atoms with Gasteiger partial charge in [-0.25, -0.2) is 0 Å². The second kappa shape index (κ2) is 6.12. The number of hydrogen-bond donors (Lipinski definition) is 1. The Morgan fingerprint density at radius 2 is 2.13 bits per heavy atom. The van der Waals surface area contributed by atoms with Crippen LogP contribution in [0.4, 0.5) is 0 Å². The molecule has 88 valence electrons. The van der Waals surface area contributed by atoms with Gasteiger partial charge in [-0.3, -0.25) is 4.90 Å². The van der Waals surface area contributed by atoms with Crippen LogP contribution in [0.25, 0.3) is 0 Å². The van der Waals surface area contributed by atoms with Crippen molar-refractivity contribution >= 4 is 11.8 Å². The topological polar surface area (TPSA) is 15.3 Å². The van der Waals surface area contributed by atoms with Crippen LogP contribution in [0.5, 0.6) is 0 Å². The van der Waals surface area contributed by atoms with Gasteiger partial charge in [0.1, 0.15) is 0 Å². The van der Waals surface area contributed by atoms with Gasteiger partial charge < -0.3 is 5.32 Å². The minimum Gasteiger partial charge on any atom is -0.313 e. The standard InChI is InChI=1S/C12H24N2S/c1-11-10-15-9-8-14(11)7-6-13-12-4-2-3-5-12/h11-13H,2-10H2,1H3. The summed E-state index contributed by atoms with van der Waals surface area (Å²) in [6.07, 6.45) is 5.69. The lowest BCUT2D eigenvalue weighted by atomic mass is 10.2. The van der Waals surface area contributed by atoms with E-state index in [1.165, 1.54) is 56.8 Å². The minimum atomic E-state index is 0.786. The summed E-state index contributed by atoms with van der Waals surface area (Å²) in [6.45, 7) is 6.10. The third-order valence-electron chi connectivity index (χ3n) is 3.69. The Morgan fingerprint density at radius 3 is 2.87 bits per heavy atom. The fourth-order valence-corrected chi connectivity index (χ4v) is 3.72. The van der Waals surface area contributed by atoms with Gasteiger partial charge in [0.2, 0.25) is 0 Å². The van der Waals surface area contributed by atoms with Crippen LogP contribution in [0.15, 0.2) is 0 Å². The van der Waals surface area contributed by atoms with Crippen LogP contribution in [-0.4, -0.2) is 48.1 Å². The Balaban J connectivity index is 1.59. The Bertz CT molecular complexity index is 180. The maximum Gasteiger partial charge on any atom is 0.0158 e. The van der Waals surface area contributed by atoms with Gasteiger partial charge in [-0.1, -0.05) is 12.8 Å². The fourth-order valence-electron chi connectivity index (χ4n) is 2.64. The number of thioether (sulfide) groups is 1. The average molecular weight is 228 g/mol. The van der Waals surface area contributed by atoms with E-state index in [1.807, 2.05) is 0 Å². The predicted octanol–water partition coefficient (Wildman–Crippen LogP) is 1.96. The Hall–Kier alpha value is 0.270. The van der Waals surface area contributed by atoms with E-state index in [4.69, 9.17) is 0 Å². The van der Waals surface area contributed by atoms with E-state index in [0.717, 1.165) is 12.1 Å². The lowest BCUT2D eigenvalue weighted by Crippen LogP contribution is -2.44. The monoisotopic (exact) mass is 228 g/mol. The zero-order chi connectivity index (χ0) is 10.5. The molecular weight excluding hydrogens is 204 g/mol. The van der Waals surface area contributed by atoms with E-state index in [-0.39, 0.29) is 0 Å². The number of rotatable bonds is 4.